The van der Waals surface area contributed by atoms with Gasteiger partial charge in [-0.3, -0.25) is 9.89 Å². The Labute approximate surface area is 141 Å². The molecule has 22 heavy (non-hydrogen) atoms. The molecular formula is C16H15IN4O. The Morgan fingerprint density at radius 1 is 1.27 bits per heavy atom. The number of rotatable bonds is 4. The molecule has 0 saturated heterocycles. The molecule has 2 N–H and O–H groups in total. The minimum Gasteiger partial charge on any atom is -0.344 e. The summed E-state index contributed by atoms with van der Waals surface area (Å²) in [6.07, 6.45) is 5.63. The minimum absolute atomic E-state index is 0.0784. The zero-order valence-electron chi connectivity index (χ0n) is 12.0. The second-order valence-electron chi connectivity index (χ2n) is 4.97. The molecule has 1 unspecified atom stereocenters. The Balaban J connectivity index is 1.71. The first-order valence-corrected chi connectivity index (χ1v) is 7.96. The molecule has 0 fully saturated rings. The van der Waals surface area contributed by atoms with Gasteiger partial charge in [0.05, 0.1) is 15.8 Å². The molecule has 3 rings (SSSR count). The van der Waals surface area contributed by atoms with Crippen LogP contribution in [0.5, 0.6) is 0 Å². The average molecular weight is 406 g/mol. The third kappa shape index (κ3) is 3.06. The maximum Gasteiger partial charge on any atom is 0.270 e. The number of aromatic amines is 1. The second-order valence-corrected chi connectivity index (χ2v) is 6.13. The summed E-state index contributed by atoms with van der Waals surface area (Å²) in [6.45, 7) is 1.96. The van der Waals surface area contributed by atoms with E-state index in [0.717, 1.165) is 14.8 Å². The zero-order valence-corrected chi connectivity index (χ0v) is 14.1. The lowest BCUT2D eigenvalue weighted by molar-refractivity contribution is 0.0934. The maximum absolute atomic E-state index is 12.2. The highest BCUT2D eigenvalue weighted by Gasteiger charge is 2.15. The van der Waals surface area contributed by atoms with Crippen LogP contribution < -0.4 is 5.32 Å². The molecule has 1 atom stereocenters. The van der Waals surface area contributed by atoms with E-state index >= 15 is 0 Å². The van der Waals surface area contributed by atoms with Gasteiger partial charge in [0.2, 0.25) is 0 Å². The molecule has 112 valence electrons. The quantitative estimate of drug-likeness (QED) is 0.654. The number of hydrogen-bond donors (Lipinski definition) is 2. The SMILES string of the molecule is CC(NC(=O)c1[nH]ncc1I)c1ccc(-n2cccc2)cc1. The highest BCUT2D eigenvalue weighted by molar-refractivity contribution is 14.1. The van der Waals surface area contributed by atoms with E-state index in [-0.39, 0.29) is 11.9 Å². The van der Waals surface area contributed by atoms with Gasteiger partial charge in [-0.1, -0.05) is 12.1 Å². The van der Waals surface area contributed by atoms with E-state index in [9.17, 15) is 4.79 Å². The van der Waals surface area contributed by atoms with Crippen molar-refractivity contribution in [2.75, 3.05) is 0 Å². The molecule has 0 aliphatic heterocycles. The molecule has 3 aromatic rings. The number of H-pyrrole nitrogens is 1. The van der Waals surface area contributed by atoms with Crippen molar-refractivity contribution in [2.24, 2.45) is 0 Å². The lowest BCUT2D eigenvalue weighted by Crippen LogP contribution is -2.27. The van der Waals surface area contributed by atoms with Gasteiger partial charge in [-0.2, -0.15) is 5.10 Å². The number of carbonyl (C=O) groups excluding carboxylic acids is 1. The van der Waals surface area contributed by atoms with Gasteiger partial charge in [-0.15, -0.1) is 0 Å². The van der Waals surface area contributed by atoms with Crippen molar-refractivity contribution in [3.8, 4) is 5.69 Å². The molecule has 0 spiro atoms. The van der Waals surface area contributed by atoms with E-state index in [4.69, 9.17) is 0 Å². The number of aromatic nitrogens is 3. The summed E-state index contributed by atoms with van der Waals surface area (Å²) in [5.41, 5.74) is 2.64. The summed E-state index contributed by atoms with van der Waals surface area (Å²) < 4.78 is 2.85. The lowest BCUT2D eigenvalue weighted by Gasteiger charge is -2.14. The smallest absolute Gasteiger partial charge is 0.270 e. The number of benzene rings is 1. The largest absolute Gasteiger partial charge is 0.344 e. The van der Waals surface area contributed by atoms with Crippen molar-refractivity contribution in [3.05, 3.63) is 69.8 Å². The maximum atomic E-state index is 12.2. The summed E-state index contributed by atoms with van der Waals surface area (Å²) >= 11 is 2.09. The van der Waals surface area contributed by atoms with Crippen molar-refractivity contribution in [2.45, 2.75) is 13.0 Å². The van der Waals surface area contributed by atoms with E-state index in [1.165, 1.54) is 0 Å². The van der Waals surface area contributed by atoms with Gasteiger partial charge in [0.25, 0.3) is 5.91 Å². The van der Waals surface area contributed by atoms with Crippen molar-refractivity contribution >= 4 is 28.5 Å². The zero-order chi connectivity index (χ0) is 15.5. The van der Waals surface area contributed by atoms with Gasteiger partial charge < -0.3 is 9.88 Å². The Morgan fingerprint density at radius 2 is 1.95 bits per heavy atom. The summed E-state index contributed by atoms with van der Waals surface area (Å²) in [5.74, 6) is -0.149. The van der Waals surface area contributed by atoms with Crippen LogP contribution in [0.1, 0.15) is 29.0 Å². The van der Waals surface area contributed by atoms with Crippen molar-refractivity contribution in [3.63, 3.8) is 0 Å². The number of nitrogens with zero attached hydrogens (tertiary/aromatic N) is 2. The van der Waals surface area contributed by atoms with Gasteiger partial charge in [-0.05, 0) is 59.3 Å². The number of halogens is 1. The van der Waals surface area contributed by atoms with E-state index in [1.54, 1.807) is 6.20 Å². The molecule has 0 bridgehead atoms. The fourth-order valence-electron chi connectivity index (χ4n) is 2.22. The van der Waals surface area contributed by atoms with E-state index < -0.39 is 0 Å². The van der Waals surface area contributed by atoms with E-state index in [2.05, 4.69) is 38.1 Å². The number of carbonyl (C=O) groups is 1. The van der Waals surface area contributed by atoms with Crippen molar-refractivity contribution < 1.29 is 4.79 Å². The van der Waals surface area contributed by atoms with Gasteiger partial charge in [-0.25, -0.2) is 0 Å². The van der Waals surface area contributed by atoms with Crippen LogP contribution in [0.4, 0.5) is 0 Å². The topological polar surface area (TPSA) is 62.7 Å². The molecular weight excluding hydrogens is 391 g/mol. The van der Waals surface area contributed by atoms with Crippen LogP contribution in [0, 0.1) is 3.57 Å². The van der Waals surface area contributed by atoms with Crippen LogP contribution in [0.25, 0.3) is 5.69 Å². The van der Waals surface area contributed by atoms with Crippen LogP contribution >= 0.6 is 22.6 Å². The summed E-state index contributed by atoms with van der Waals surface area (Å²) in [7, 11) is 0. The van der Waals surface area contributed by atoms with Crippen LogP contribution in [0.3, 0.4) is 0 Å². The molecule has 0 aliphatic rings. The first-order valence-electron chi connectivity index (χ1n) is 6.88. The van der Waals surface area contributed by atoms with E-state index in [1.807, 2.05) is 60.3 Å². The summed E-state index contributed by atoms with van der Waals surface area (Å²) in [6, 6.07) is 12.0. The predicted octanol–water partition coefficient (Wildman–Crippen LogP) is 3.30. The van der Waals surface area contributed by atoms with Crippen LogP contribution in [-0.2, 0) is 0 Å². The fraction of sp³-hybridized carbons (Fsp3) is 0.125. The summed E-state index contributed by atoms with van der Waals surface area (Å²) in [4.78, 5) is 12.2. The first kappa shape index (κ1) is 14.8. The fourth-order valence-corrected chi connectivity index (χ4v) is 2.73. The first-order chi connectivity index (χ1) is 10.6. The second kappa shape index (κ2) is 6.35. The molecule has 2 heterocycles. The summed E-state index contributed by atoms with van der Waals surface area (Å²) in [5, 5.41) is 9.56. The number of amides is 1. The Kier molecular flexibility index (Phi) is 4.28. The highest BCUT2D eigenvalue weighted by Crippen LogP contribution is 2.17. The molecule has 5 nitrogen and oxygen atoms in total. The average Bonchev–Trinajstić information content (AvgIpc) is 3.18. The van der Waals surface area contributed by atoms with Gasteiger partial charge in [0.1, 0.15) is 5.69 Å². The Hall–Kier alpha value is -2.09. The molecule has 1 aromatic carbocycles. The van der Waals surface area contributed by atoms with Crippen molar-refractivity contribution in [1.82, 2.24) is 20.1 Å². The molecule has 1 amide bonds. The minimum atomic E-state index is -0.149. The van der Waals surface area contributed by atoms with Crippen LogP contribution in [-0.4, -0.2) is 20.7 Å². The standard InChI is InChI=1S/C16H15IN4O/c1-11(19-16(22)15-14(17)10-18-20-15)12-4-6-13(7-5-12)21-8-2-3-9-21/h2-11H,1H3,(H,18,20)(H,19,22). The number of hydrogen-bond acceptors (Lipinski definition) is 2. The molecule has 0 radical (unpaired) electrons. The van der Waals surface area contributed by atoms with Crippen LogP contribution in [0.15, 0.2) is 55.0 Å². The molecule has 6 heteroatoms. The monoisotopic (exact) mass is 406 g/mol. The Morgan fingerprint density at radius 3 is 2.55 bits per heavy atom. The third-order valence-corrected chi connectivity index (χ3v) is 4.28. The van der Waals surface area contributed by atoms with E-state index in [0.29, 0.717) is 5.69 Å². The molecule has 2 aromatic heterocycles. The van der Waals surface area contributed by atoms with Gasteiger partial charge in [0, 0.05) is 18.1 Å². The predicted molar refractivity (Wildman–Crippen MR) is 93.0 cm³/mol. The van der Waals surface area contributed by atoms with Crippen LogP contribution in [0.2, 0.25) is 0 Å². The normalized spacial score (nSPS) is 12.1. The van der Waals surface area contributed by atoms with Gasteiger partial charge >= 0.3 is 0 Å². The number of nitrogens with one attached hydrogen (secondary N) is 2. The Bertz CT molecular complexity index is 762. The lowest BCUT2D eigenvalue weighted by atomic mass is 10.1. The molecule has 0 aliphatic carbocycles. The van der Waals surface area contributed by atoms with Crippen molar-refractivity contribution in [1.29, 1.82) is 0 Å². The highest BCUT2D eigenvalue weighted by atomic mass is 127. The third-order valence-electron chi connectivity index (χ3n) is 3.46. The van der Waals surface area contributed by atoms with Gasteiger partial charge in [0.15, 0.2) is 0 Å². The molecule has 0 saturated carbocycles.